The third kappa shape index (κ3) is 10.3. The summed E-state index contributed by atoms with van der Waals surface area (Å²) >= 11 is 0. The van der Waals surface area contributed by atoms with Crippen LogP contribution in [0.3, 0.4) is 0 Å². The number of nitrogens with zero attached hydrogens (tertiary/aromatic N) is 2. The number of carbonyl (C=O) groups excluding carboxylic acids is 1. The fourth-order valence-electron chi connectivity index (χ4n) is 7.83. The van der Waals surface area contributed by atoms with Gasteiger partial charge in [-0.15, -0.1) is 0 Å². The van der Waals surface area contributed by atoms with Crippen molar-refractivity contribution in [2.75, 3.05) is 39.5 Å². The van der Waals surface area contributed by atoms with Crippen molar-refractivity contribution in [2.45, 2.75) is 116 Å². The SMILES string of the molecule is CC(C)(C)C(O)C[C@@H](CC1CCCCC1)[C@@H](O)CCC(=O)N(Cc1ccc(OCCN2CCOCC2)cc1)[C@H]1c2ccccc2C[C@H]1O. The number of ether oxygens (including phenoxy) is 2. The van der Waals surface area contributed by atoms with Crippen LogP contribution in [0.15, 0.2) is 48.5 Å². The summed E-state index contributed by atoms with van der Waals surface area (Å²) in [5.74, 6) is 1.22. The molecule has 1 amide bonds. The van der Waals surface area contributed by atoms with Gasteiger partial charge in [-0.1, -0.05) is 89.3 Å². The summed E-state index contributed by atoms with van der Waals surface area (Å²) in [4.78, 5) is 18.3. The van der Waals surface area contributed by atoms with Crippen LogP contribution < -0.4 is 4.74 Å². The molecule has 2 aromatic carbocycles. The van der Waals surface area contributed by atoms with Crippen molar-refractivity contribution in [3.8, 4) is 5.75 Å². The van der Waals surface area contributed by atoms with E-state index in [4.69, 9.17) is 9.47 Å². The molecule has 1 saturated carbocycles. The van der Waals surface area contributed by atoms with Gasteiger partial charge < -0.3 is 29.7 Å². The number of hydrogen-bond donors (Lipinski definition) is 3. The summed E-state index contributed by atoms with van der Waals surface area (Å²) in [7, 11) is 0. The number of carbonyl (C=O) groups is 1. The van der Waals surface area contributed by atoms with Crippen LogP contribution in [0, 0.1) is 17.3 Å². The van der Waals surface area contributed by atoms with Gasteiger partial charge in [-0.05, 0) is 65.3 Å². The Morgan fingerprint density at radius 2 is 1.73 bits per heavy atom. The normalized spacial score (nSPS) is 22.5. The Morgan fingerprint density at radius 1 is 1.02 bits per heavy atom. The Labute approximate surface area is 288 Å². The van der Waals surface area contributed by atoms with Crippen molar-refractivity contribution < 1.29 is 29.6 Å². The second-order valence-electron chi connectivity index (χ2n) is 15.6. The Balaban J connectivity index is 1.26. The zero-order valence-electron chi connectivity index (χ0n) is 29.6. The van der Waals surface area contributed by atoms with Crippen LogP contribution in [-0.2, 0) is 22.5 Å². The summed E-state index contributed by atoms with van der Waals surface area (Å²) in [5.41, 5.74) is 2.75. The molecule has 48 heavy (non-hydrogen) atoms. The van der Waals surface area contributed by atoms with Crippen molar-refractivity contribution in [2.24, 2.45) is 17.3 Å². The Hall–Kier alpha value is -2.49. The van der Waals surface area contributed by atoms with Crippen LogP contribution in [-0.4, -0.2) is 88.8 Å². The number of morpholine rings is 1. The number of benzene rings is 2. The van der Waals surface area contributed by atoms with Gasteiger partial charge in [0.2, 0.25) is 5.91 Å². The lowest BCUT2D eigenvalue weighted by Gasteiger charge is -2.35. The molecule has 8 nitrogen and oxygen atoms in total. The van der Waals surface area contributed by atoms with Crippen LogP contribution >= 0.6 is 0 Å². The van der Waals surface area contributed by atoms with E-state index in [2.05, 4.69) is 4.90 Å². The van der Waals surface area contributed by atoms with Crippen LogP contribution in [0.2, 0.25) is 0 Å². The number of amides is 1. The fraction of sp³-hybridized carbons (Fsp3) is 0.675. The molecule has 2 aromatic rings. The van der Waals surface area contributed by atoms with Gasteiger partial charge in [0.25, 0.3) is 0 Å². The largest absolute Gasteiger partial charge is 0.492 e. The van der Waals surface area contributed by atoms with Crippen molar-refractivity contribution in [3.63, 3.8) is 0 Å². The number of aliphatic hydroxyl groups is 3. The van der Waals surface area contributed by atoms with E-state index in [-0.39, 0.29) is 23.7 Å². The first-order valence-corrected chi connectivity index (χ1v) is 18.5. The molecule has 0 spiro atoms. The van der Waals surface area contributed by atoms with Gasteiger partial charge in [-0.2, -0.15) is 0 Å². The molecular formula is C40H60N2O6. The maximum absolute atomic E-state index is 14.2. The predicted molar refractivity (Wildman–Crippen MR) is 189 cm³/mol. The molecule has 0 aromatic heterocycles. The number of hydrogen-bond acceptors (Lipinski definition) is 7. The monoisotopic (exact) mass is 664 g/mol. The first-order valence-electron chi connectivity index (χ1n) is 18.5. The standard InChI is InChI=1S/C40H60N2O6/c1-40(2,3)37(45)27-32(25-29-9-5-4-6-10-29)35(43)17-18-38(46)42(39-34-12-8-7-11-31(34)26-36(39)44)28-30-13-15-33(16-14-30)48-24-21-41-19-22-47-23-20-41/h7-8,11-16,29,32,35-37,39,43-45H,4-6,9-10,17-28H2,1-3H3/t32-,35+,36-,37?,39+/m1/s1. The Morgan fingerprint density at radius 3 is 2.44 bits per heavy atom. The maximum atomic E-state index is 14.2. The highest BCUT2D eigenvalue weighted by molar-refractivity contribution is 5.77. The molecule has 3 aliphatic rings. The van der Waals surface area contributed by atoms with Gasteiger partial charge in [-0.3, -0.25) is 9.69 Å². The Kier molecular flexibility index (Phi) is 13.4. The van der Waals surface area contributed by atoms with E-state index in [0.717, 1.165) is 61.7 Å². The summed E-state index contributed by atoms with van der Waals surface area (Å²) in [6.45, 7) is 11.3. The minimum atomic E-state index is -0.694. The van der Waals surface area contributed by atoms with E-state index in [1.165, 1.54) is 32.1 Å². The minimum absolute atomic E-state index is 0.0582. The van der Waals surface area contributed by atoms with Gasteiger partial charge in [0.1, 0.15) is 12.4 Å². The lowest BCUT2D eigenvalue weighted by molar-refractivity contribution is -0.137. The van der Waals surface area contributed by atoms with Gasteiger partial charge in [0, 0.05) is 39.0 Å². The highest BCUT2D eigenvalue weighted by atomic mass is 16.5. The molecular weight excluding hydrogens is 604 g/mol. The molecule has 1 aliphatic heterocycles. The van der Waals surface area contributed by atoms with Crippen molar-refractivity contribution >= 4 is 5.91 Å². The Bertz CT molecular complexity index is 1270. The molecule has 1 saturated heterocycles. The molecule has 0 bridgehead atoms. The third-order valence-electron chi connectivity index (χ3n) is 11.0. The van der Waals surface area contributed by atoms with E-state index in [1.54, 1.807) is 0 Å². The van der Waals surface area contributed by atoms with Crippen LogP contribution in [0.1, 0.15) is 101 Å². The van der Waals surface area contributed by atoms with E-state index < -0.39 is 24.4 Å². The molecule has 2 aliphatic carbocycles. The van der Waals surface area contributed by atoms with E-state index in [9.17, 15) is 20.1 Å². The lowest BCUT2D eigenvalue weighted by Crippen LogP contribution is -2.39. The van der Waals surface area contributed by atoms with E-state index in [1.807, 2.05) is 74.2 Å². The molecule has 8 heteroatoms. The van der Waals surface area contributed by atoms with Crippen LogP contribution in [0.25, 0.3) is 0 Å². The zero-order chi connectivity index (χ0) is 34.1. The first kappa shape index (κ1) is 36.8. The van der Waals surface area contributed by atoms with Gasteiger partial charge in [0.05, 0.1) is 37.6 Å². The average molecular weight is 665 g/mol. The first-order chi connectivity index (χ1) is 23.1. The van der Waals surface area contributed by atoms with Gasteiger partial charge >= 0.3 is 0 Å². The third-order valence-corrected chi connectivity index (χ3v) is 11.0. The predicted octanol–water partition coefficient (Wildman–Crippen LogP) is 5.91. The summed E-state index contributed by atoms with van der Waals surface area (Å²) in [6.07, 6.45) is 6.66. The fourth-order valence-corrected chi connectivity index (χ4v) is 7.83. The summed E-state index contributed by atoms with van der Waals surface area (Å²) in [5, 5.41) is 33.9. The highest BCUT2D eigenvalue weighted by Crippen LogP contribution is 2.39. The number of fused-ring (bicyclic) bond motifs is 1. The van der Waals surface area contributed by atoms with E-state index in [0.29, 0.717) is 38.3 Å². The second-order valence-corrected chi connectivity index (χ2v) is 15.6. The van der Waals surface area contributed by atoms with Crippen molar-refractivity contribution in [3.05, 3.63) is 65.2 Å². The molecule has 2 fully saturated rings. The maximum Gasteiger partial charge on any atom is 0.223 e. The molecule has 1 unspecified atom stereocenters. The molecule has 5 atom stereocenters. The van der Waals surface area contributed by atoms with Crippen molar-refractivity contribution in [1.82, 2.24) is 9.80 Å². The van der Waals surface area contributed by atoms with E-state index >= 15 is 0 Å². The zero-order valence-corrected chi connectivity index (χ0v) is 29.6. The highest BCUT2D eigenvalue weighted by Gasteiger charge is 2.38. The minimum Gasteiger partial charge on any atom is -0.492 e. The van der Waals surface area contributed by atoms with Gasteiger partial charge in [-0.25, -0.2) is 0 Å². The molecule has 266 valence electrons. The number of aliphatic hydroxyl groups excluding tert-OH is 3. The van der Waals surface area contributed by atoms with Gasteiger partial charge in [0.15, 0.2) is 0 Å². The molecule has 1 heterocycles. The topological polar surface area (TPSA) is 103 Å². The number of rotatable bonds is 15. The average Bonchev–Trinajstić information content (AvgIpc) is 3.42. The van der Waals surface area contributed by atoms with Crippen LogP contribution in [0.5, 0.6) is 5.75 Å². The molecule has 5 rings (SSSR count). The lowest BCUT2D eigenvalue weighted by atomic mass is 9.75. The van der Waals surface area contributed by atoms with Crippen molar-refractivity contribution in [1.29, 1.82) is 0 Å². The summed E-state index contributed by atoms with van der Waals surface area (Å²) < 4.78 is 11.5. The summed E-state index contributed by atoms with van der Waals surface area (Å²) in [6, 6.07) is 15.5. The smallest absolute Gasteiger partial charge is 0.223 e. The molecule has 0 radical (unpaired) electrons. The second kappa shape index (κ2) is 17.4. The quantitative estimate of drug-likeness (QED) is 0.218. The van der Waals surface area contributed by atoms with Crippen LogP contribution in [0.4, 0.5) is 0 Å². The molecule has 3 N–H and O–H groups in total.